The van der Waals surface area contributed by atoms with Gasteiger partial charge in [-0.15, -0.1) is 35.7 Å². The summed E-state index contributed by atoms with van der Waals surface area (Å²) in [5, 5.41) is 10.6. The van der Waals surface area contributed by atoms with Crippen molar-refractivity contribution in [2.24, 2.45) is 0 Å². The van der Waals surface area contributed by atoms with E-state index >= 15 is 0 Å². The van der Waals surface area contributed by atoms with E-state index in [2.05, 4.69) is 282 Å². The van der Waals surface area contributed by atoms with Gasteiger partial charge in [0.25, 0.3) is 0 Å². The number of hydrogen-bond acceptors (Lipinski definition) is 3. The average molecular weight is 1210 g/mol. The van der Waals surface area contributed by atoms with E-state index in [1.54, 1.807) is 0 Å². The smallest absolute Gasteiger partial charge is 0.135 e. The summed E-state index contributed by atoms with van der Waals surface area (Å²) in [5.41, 5.74) is 13.3. The van der Waals surface area contributed by atoms with Crippen LogP contribution in [0.1, 0.15) is 52.7 Å². The second kappa shape index (κ2) is 19.2. The van der Waals surface area contributed by atoms with Gasteiger partial charge in [0, 0.05) is 50.0 Å². The predicted molar refractivity (Wildman–Crippen MR) is 328 cm³/mol. The Hall–Kier alpha value is -7.89. The van der Waals surface area contributed by atoms with Crippen LogP contribution >= 0.6 is 0 Å². The van der Waals surface area contributed by atoms with Gasteiger partial charge >= 0.3 is 0 Å². The van der Waals surface area contributed by atoms with Crippen LogP contribution in [0.3, 0.4) is 0 Å². The second-order valence-electron chi connectivity index (χ2n) is 23.8. The van der Waals surface area contributed by atoms with Crippen molar-refractivity contribution in [3.8, 4) is 39.6 Å². The normalized spacial score (nSPS) is 12.7. The topological polar surface area (TPSA) is 35.2 Å². The molecule has 0 bridgehead atoms. The number of rotatable bonds is 7. The monoisotopic (exact) mass is 1210 g/mol. The fraction of sp³-hybridized carbons (Fsp3) is 0.155. The van der Waals surface area contributed by atoms with Crippen molar-refractivity contribution in [1.82, 2.24) is 14.1 Å². The minimum Gasteiger partial charge on any atom is -0.509 e. The molecule has 13 rings (SSSR count). The molecule has 0 fully saturated rings. The summed E-state index contributed by atoms with van der Waals surface area (Å²) >= 11 is 0. The van der Waals surface area contributed by atoms with E-state index in [0.29, 0.717) is 11.5 Å². The van der Waals surface area contributed by atoms with Crippen molar-refractivity contribution in [3.63, 3.8) is 0 Å². The molecule has 388 valence electrons. The Morgan fingerprint density at radius 1 is 0.487 bits per heavy atom. The third-order valence-electron chi connectivity index (χ3n) is 15.5. The Balaban J connectivity index is 0.00000609. The Kier molecular flexibility index (Phi) is 12.5. The number of aromatic nitrogens is 3. The molecule has 3 aromatic heterocycles. The molecule has 0 amide bonds. The number of fused-ring (bicyclic) bond motifs is 10. The zero-order valence-corrected chi connectivity index (χ0v) is 48.9. The van der Waals surface area contributed by atoms with Crippen LogP contribution in [0.25, 0.3) is 93.2 Å². The molecule has 5 nitrogen and oxygen atoms in total. The van der Waals surface area contributed by atoms with Gasteiger partial charge in [-0.2, -0.15) is 11.3 Å². The maximum absolute atomic E-state index is 7.05. The van der Waals surface area contributed by atoms with Gasteiger partial charge in [0.05, 0.1) is 8.07 Å². The second-order valence-corrected chi connectivity index (χ2v) is 28.9. The van der Waals surface area contributed by atoms with Crippen LogP contribution in [-0.2, 0) is 31.9 Å². The number of benzene rings is 9. The van der Waals surface area contributed by atoms with E-state index in [1.807, 2.05) is 12.3 Å². The molecular formula is C71H61N4OPtSi-3. The maximum Gasteiger partial charge on any atom is 0.135 e. The van der Waals surface area contributed by atoms with Crippen LogP contribution < -0.4 is 14.8 Å². The van der Waals surface area contributed by atoms with Gasteiger partial charge in [-0.3, -0.25) is 0 Å². The number of pyridine rings is 1. The van der Waals surface area contributed by atoms with Crippen LogP contribution in [0.5, 0.6) is 11.5 Å². The molecule has 0 spiro atoms. The van der Waals surface area contributed by atoms with Gasteiger partial charge in [0.2, 0.25) is 0 Å². The first-order valence-electron chi connectivity index (χ1n) is 26.8. The number of nitrogens with zero attached hydrogens (tertiary/aromatic N) is 4. The molecule has 0 N–H and O–H groups in total. The summed E-state index contributed by atoms with van der Waals surface area (Å²) < 4.78 is 11.7. The van der Waals surface area contributed by atoms with Gasteiger partial charge < -0.3 is 18.8 Å². The number of anilines is 2. The number of para-hydroxylation sites is 3. The summed E-state index contributed by atoms with van der Waals surface area (Å²) in [4.78, 5) is 7.28. The molecule has 7 heteroatoms. The first kappa shape index (κ1) is 50.9. The average Bonchev–Trinajstić information content (AvgIpc) is 4.13. The molecule has 0 aliphatic carbocycles. The van der Waals surface area contributed by atoms with Crippen LogP contribution in [0.4, 0.5) is 11.4 Å². The van der Waals surface area contributed by atoms with Crippen molar-refractivity contribution < 1.29 is 25.8 Å². The van der Waals surface area contributed by atoms with Gasteiger partial charge in [-0.25, -0.2) is 4.98 Å². The Morgan fingerprint density at radius 3 is 1.77 bits per heavy atom. The third kappa shape index (κ3) is 8.85. The van der Waals surface area contributed by atoms with Gasteiger partial charge in [0.1, 0.15) is 5.82 Å². The van der Waals surface area contributed by atoms with Crippen molar-refractivity contribution in [2.75, 3.05) is 4.90 Å². The predicted octanol–water partition coefficient (Wildman–Crippen LogP) is 18.7. The molecule has 9 aromatic carbocycles. The van der Waals surface area contributed by atoms with E-state index in [1.165, 1.54) is 54.5 Å². The molecule has 78 heavy (non-hydrogen) atoms. The van der Waals surface area contributed by atoms with Gasteiger partial charge in [-0.05, 0) is 130 Å². The van der Waals surface area contributed by atoms with Crippen molar-refractivity contribution >= 4 is 89.8 Å². The van der Waals surface area contributed by atoms with E-state index in [4.69, 9.17) is 9.72 Å². The van der Waals surface area contributed by atoms with Gasteiger partial charge in [0.15, 0.2) is 0 Å². The van der Waals surface area contributed by atoms with Crippen LogP contribution in [0.15, 0.2) is 200 Å². The van der Waals surface area contributed by atoms with E-state index in [-0.39, 0.29) is 31.9 Å². The molecule has 0 saturated carbocycles. The summed E-state index contributed by atoms with van der Waals surface area (Å²) in [6, 6.07) is 78.6. The van der Waals surface area contributed by atoms with E-state index < -0.39 is 8.07 Å². The fourth-order valence-corrected chi connectivity index (χ4v) is 12.5. The Labute approximate surface area is 473 Å². The standard InChI is InChI=1S/C71H61N4OSi.Pt/c1-70(2,3)49-35-36-72-67(40-49)75-64-31-18-17-27-60(64)61-34-33-52(44-66(61)75)76-53-41-51(42-54(43-53)77(7,8)9)73-45-74-68-55(48-37-47(46-21-11-10-12-22-46)38-50(39-48)71(4,5)6)28-19-29-62(68)58-25-15-13-23-56(58)57-24-14-16-26-59(57)63-30-20-32-65(73)69(63)74;/h10-40,42-43,45H,1-9H3;/q-3;. The molecule has 12 aromatic rings. The van der Waals surface area contributed by atoms with Crippen molar-refractivity contribution in [3.05, 3.63) is 230 Å². The Morgan fingerprint density at radius 2 is 1.09 bits per heavy atom. The summed E-state index contributed by atoms with van der Waals surface area (Å²) in [7, 11) is -1.97. The number of ether oxygens (including phenoxy) is 1. The quantitative estimate of drug-likeness (QED) is 0.118. The van der Waals surface area contributed by atoms with E-state index in [0.717, 1.165) is 66.4 Å². The first-order chi connectivity index (χ1) is 37.1. The number of hydrogen-bond donors (Lipinski definition) is 0. The van der Waals surface area contributed by atoms with Crippen LogP contribution in [-0.4, -0.2) is 22.2 Å². The minimum absolute atomic E-state index is 0. The SMILES string of the molecule is CC(C)(C)c1cc(-c2ccccc2)cc(-c2cccc3c4ccccc4c4ccccc4c4cccc5c4n(c23)[CH-]N5c2[c-]c(Oc3[c-]c4c(cc3)c3ccccc3n4-c3cc(C(C)(C)C)ccn3)cc([Si](C)(C)C)c2)c1.[Pt]. The zero-order valence-electron chi connectivity index (χ0n) is 45.6. The minimum atomic E-state index is -1.97. The molecule has 0 saturated heterocycles. The molecule has 0 atom stereocenters. The molecule has 1 aliphatic rings. The van der Waals surface area contributed by atoms with Crippen molar-refractivity contribution in [1.29, 1.82) is 0 Å². The summed E-state index contributed by atoms with van der Waals surface area (Å²) in [5.74, 6) is 2.11. The molecule has 4 heterocycles. The van der Waals surface area contributed by atoms with Crippen LogP contribution in [0, 0.1) is 18.8 Å². The molecule has 0 radical (unpaired) electrons. The Bertz CT molecular complexity index is 4420. The molecule has 0 unspecified atom stereocenters. The van der Waals surface area contributed by atoms with Crippen LogP contribution in [0.2, 0.25) is 19.6 Å². The fourth-order valence-electron chi connectivity index (χ4n) is 11.4. The molecular weight excluding hydrogens is 1150 g/mol. The third-order valence-corrected chi connectivity index (χ3v) is 17.6. The maximum atomic E-state index is 7.05. The van der Waals surface area contributed by atoms with E-state index in [9.17, 15) is 0 Å². The van der Waals surface area contributed by atoms with Crippen molar-refractivity contribution in [2.45, 2.75) is 72.0 Å². The zero-order chi connectivity index (χ0) is 53.0. The molecule has 1 aliphatic heterocycles. The van der Waals surface area contributed by atoms with Gasteiger partial charge in [-0.1, -0.05) is 212 Å². The summed E-state index contributed by atoms with van der Waals surface area (Å²) in [6.45, 7) is 23.2. The summed E-state index contributed by atoms with van der Waals surface area (Å²) in [6.07, 6.45) is 1.92. The first-order valence-corrected chi connectivity index (χ1v) is 30.3. The largest absolute Gasteiger partial charge is 0.509 e.